The molecule has 1 aromatic carbocycles. The highest BCUT2D eigenvalue weighted by atomic mass is 35.5. The van der Waals surface area contributed by atoms with Gasteiger partial charge in [-0.15, -0.1) is 12.4 Å². The summed E-state index contributed by atoms with van der Waals surface area (Å²) in [4.78, 5) is 30.2. The molecule has 2 heterocycles. The van der Waals surface area contributed by atoms with Crippen LogP contribution >= 0.6 is 12.4 Å². The fourth-order valence-corrected chi connectivity index (χ4v) is 5.62. The third kappa shape index (κ3) is 6.81. The van der Waals surface area contributed by atoms with Gasteiger partial charge in [0.15, 0.2) is 0 Å². The number of benzene rings is 1. The summed E-state index contributed by atoms with van der Waals surface area (Å²) in [7, 11) is -0.510. The topological polar surface area (TPSA) is 90.5 Å². The minimum atomic E-state index is -4.73. The number of piperazine rings is 1. The molecule has 3 rings (SSSR count). The highest BCUT2D eigenvalue weighted by Crippen LogP contribution is 2.33. The Morgan fingerprint density at radius 3 is 2.31 bits per heavy atom. The lowest BCUT2D eigenvalue weighted by molar-refractivity contribution is -0.137. The highest BCUT2D eigenvalue weighted by molar-refractivity contribution is 7.89. The van der Waals surface area contributed by atoms with Crippen LogP contribution in [0.3, 0.4) is 0 Å². The molecule has 0 aromatic heterocycles. The van der Waals surface area contributed by atoms with Gasteiger partial charge in [-0.25, -0.2) is 17.5 Å². The molecule has 1 unspecified atom stereocenters. The van der Waals surface area contributed by atoms with Crippen molar-refractivity contribution in [2.24, 2.45) is 0 Å². The van der Waals surface area contributed by atoms with Gasteiger partial charge in [0.25, 0.3) is 0 Å². The molecule has 0 N–H and O–H groups in total. The largest absolute Gasteiger partial charge is 0.453 e. The van der Waals surface area contributed by atoms with Crippen LogP contribution in [0, 0.1) is 0 Å². The SMILES string of the molecule is COC(=O)N1CCN(C(=O)Cc2ccc(C(F)(F)F)cc2S(=O)(=O)N(C)C)C(CN2CCCC2)C1.Cl. The molecule has 2 saturated heterocycles. The number of nitrogens with zero attached hydrogens (tertiary/aromatic N) is 4. The van der Waals surface area contributed by atoms with Crippen molar-refractivity contribution >= 4 is 34.4 Å². The number of halogens is 4. The molecule has 0 radical (unpaired) electrons. The van der Waals surface area contributed by atoms with Crippen molar-refractivity contribution in [2.45, 2.75) is 36.4 Å². The molecule has 0 saturated carbocycles. The first kappa shape index (κ1) is 30.1. The van der Waals surface area contributed by atoms with Crippen molar-refractivity contribution in [1.82, 2.24) is 19.0 Å². The molecule has 2 amide bonds. The number of likely N-dealkylation sites (tertiary alicyclic amines) is 1. The van der Waals surface area contributed by atoms with E-state index >= 15 is 0 Å². The summed E-state index contributed by atoms with van der Waals surface area (Å²) in [5, 5.41) is 0. The average Bonchev–Trinajstić information content (AvgIpc) is 3.30. The Hall–Kier alpha value is -2.09. The molecule has 36 heavy (non-hydrogen) atoms. The van der Waals surface area contributed by atoms with E-state index in [1.165, 1.54) is 26.1 Å². The number of rotatable bonds is 6. The number of hydrogen-bond donors (Lipinski definition) is 0. The quantitative estimate of drug-likeness (QED) is 0.534. The maximum Gasteiger partial charge on any atom is 0.416 e. The summed E-state index contributed by atoms with van der Waals surface area (Å²) in [5.41, 5.74) is -1.11. The molecule has 0 spiro atoms. The predicted molar refractivity (Wildman–Crippen MR) is 128 cm³/mol. The first-order chi connectivity index (χ1) is 16.3. The maximum atomic E-state index is 13.4. The van der Waals surface area contributed by atoms with Crippen LogP contribution < -0.4 is 0 Å². The summed E-state index contributed by atoms with van der Waals surface area (Å²) in [6, 6.07) is 2.07. The second-order valence-electron chi connectivity index (χ2n) is 8.95. The van der Waals surface area contributed by atoms with E-state index in [2.05, 4.69) is 4.90 Å². The second-order valence-corrected chi connectivity index (χ2v) is 11.1. The third-order valence-corrected chi connectivity index (χ3v) is 8.30. The summed E-state index contributed by atoms with van der Waals surface area (Å²) in [5.74, 6) is -0.409. The van der Waals surface area contributed by atoms with Gasteiger partial charge < -0.3 is 19.4 Å². The number of methoxy groups -OCH3 is 1. The van der Waals surface area contributed by atoms with Crippen molar-refractivity contribution in [3.05, 3.63) is 29.3 Å². The Bertz CT molecular complexity index is 1050. The normalized spacial score (nSPS) is 19.4. The van der Waals surface area contributed by atoms with Crippen LogP contribution in [0.1, 0.15) is 24.0 Å². The van der Waals surface area contributed by atoms with Crippen molar-refractivity contribution < 1.29 is 35.9 Å². The number of sulfonamides is 1. The summed E-state index contributed by atoms with van der Waals surface area (Å²) >= 11 is 0. The number of ether oxygens (including phenoxy) is 1. The van der Waals surface area contributed by atoms with Gasteiger partial charge in [-0.2, -0.15) is 13.2 Å². The van der Waals surface area contributed by atoms with Crippen molar-refractivity contribution in [2.75, 3.05) is 60.5 Å². The van der Waals surface area contributed by atoms with E-state index in [9.17, 15) is 31.2 Å². The molecular formula is C22H32ClF3N4O5S. The Kier molecular flexibility index (Phi) is 10.0. The van der Waals surface area contributed by atoms with Crippen molar-refractivity contribution in [3.63, 3.8) is 0 Å². The summed E-state index contributed by atoms with van der Waals surface area (Å²) < 4.78 is 71.1. The zero-order chi connectivity index (χ0) is 26.0. The minimum Gasteiger partial charge on any atom is -0.453 e. The lowest BCUT2D eigenvalue weighted by Gasteiger charge is -2.42. The number of carbonyl (C=O) groups excluding carboxylic acids is 2. The molecule has 1 atom stereocenters. The van der Waals surface area contributed by atoms with Gasteiger partial charge in [0, 0.05) is 40.3 Å². The van der Waals surface area contributed by atoms with Gasteiger partial charge in [-0.1, -0.05) is 6.07 Å². The zero-order valence-corrected chi connectivity index (χ0v) is 22.1. The smallest absolute Gasteiger partial charge is 0.416 e. The Morgan fingerprint density at radius 1 is 1.11 bits per heavy atom. The van der Waals surface area contributed by atoms with Crippen LogP contribution in [0.25, 0.3) is 0 Å². The summed E-state index contributed by atoms with van der Waals surface area (Å²) in [6.45, 7) is 3.00. The maximum absolute atomic E-state index is 13.4. The average molecular weight is 557 g/mol. The number of amides is 2. The van der Waals surface area contributed by atoms with Crippen LogP contribution in [0.2, 0.25) is 0 Å². The molecule has 0 bridgehead atoms. The van der Waals surface area contributed by atoms with E-state index < -0.39 is 38.7 Å². The van der Waals surface area contributed by atoms with Crippen LogP contribution in [-0.4, -0.2) is 106 Å². The summed E-state index contributed by atoms with van der Waals surface area (Å²) in [6.07, 6.45) is -3.53. The first-order valence-electron chi connectivity index (χ1n) is 11.3. The first-order valence-corrected chi connectivity index (χ1v) is 12.8. The Labute approximate surface area is 215 Å². The van der Waals surface area contributed by atoms with Gasteiger partial charge in [0.1, 0.15) is 0 Å². The fraction of sp³-hybridized carbons (Fsp3) is 0.636. The molecule has 1 aromatic rings. The van der Waals surface area contributed by atoms with Crippen molar-refractivity contribution in [1.29, 1.82) is 0 Å². The van der Waals surface area contributed by atoms with Crippen LogP contribution in [-0.2, 0) is 32.2 Å². The van der Waals surface area contributed by atoms with Gasteiger partial charge >= 0.3 is 12.3 Å². The fourth-order valence-electron chi connectivity index (χ4n) is 4.48. The third-order valence-electron chi connectivity index (χ3n) is 6.40. The number of hydrogen-bond acceptors (Lipinski definition) is 6. The van der Waals surface area contributed by atoms with E-state index in [4.69, 9.17) is 4.74 Å². The van der Waals surface area contributed by atoms with Gasteiger partial charge in [-0.05, 0) is 43.6 Å². The highest BCUT2D eigenvalue weighted by Gasteiger charge is 2.37. The van der Waals surface area contributed by atoms with Gasteiger partial charge in [0.05, 0.1) is 30.0 Å². The van der Waals surface area contributed by atoms with E-state index in [0.29, 0.717) is 12.6 Å². The van der Waals surface area contributed by atoms with Gasteiger partial charge in [-0.3, -0.25) is 4.79 Å². The minimum absolute atomic E-state index is 0. The molecule has 2 aliphatic rings. The second kappa shape index (κ2) is 12.0. The molecular weight excluding hydrogens is 525 g/mol. The van der Waals surface area contributed by atoms with E-state index in [0.717, 1.165) is 42.4 Å². The van der Waals surface area contributed by atoms with Crippen molar-refractivity contribution in [3.8, 4) is 0 Å². The van der Waals surface area contributed by atoms with Crippen LogP contribution in [0.15, 0.2) is 23.1 Å². The number of alkyl halides is 3. The predicted octanol–water partition coefficient (Wildman–Crippen LogP) is 2.30. The lowest BCUT2D eigenvalue weighted by atomic mass is 10.1. The molecule has 2 fully saturated rings. The van der Waals surface area contributed by atoms with E-state index in [-0.39, 0.29) is 50.1 Å². The molecule has 2 aliphatic heterocycles. The molecule has 0 aliphatic carbocycles. The monoisotopic (exact) mass is 556 g/mol. The van der Waals surface area contributed by atoms with Crippen LogP contribution in [0.5, 0.6) is 0 Å². The van der Waals surface area contributed by atoms with Gasteiger partial charge in [0.2, 0.25) is 15.9 Å². The zero-order valence-electron chi connectivity index (χ0n) is 20.5. The van der Waals surface area contributed by atoms with E-state index in [1.807, 2.05) is 0 Å². The lowest BCUT2D eigenvalue weighted by Crippen LogP contribution is -2.59. The molecule has 204 valence electrons. The Balaban J connectivity index is 0.00000456. The molecule has 14 heteroatoms. The van der Waals surface area contributed by atoms with E-state index in [1.54, 1.807) is 4.90 Å². The Morgan fingerprint density at radius 2 is 1.75 bits per heavy atom. The molecule has 9 nitrogen and oxygen atoms in total. The standard InChI is InChI=1S/C22H31F3N4O5S.ClH/c1-26(2)35(32,33)19-13-17(22(23,24)25)7-6-16(19)12-20(30)29-11-10-28(21(31)34-3)15-18(29)14-27-8-4-5-9-27;/h6-7,13,18H,4-5,8-12,14-15H2,1-3H3;1H. The van der Waals surface area contributed by atoms with Crippen LogP contribution in [0.4, 0.5) is 18.0 Å². The number of carbonyl (C=O) groups is 2.